The first-order valence-electron chi connectivity index (χ1n) is 6.12. The monoisotopic (exact) mass is 338 g/mol. The SMILES string of the molecule is CC(=O)O/N=C1\C(=N/OC(C)=O)c2c(no[n+]2[O-])-c2c1no[n+]2[O-]. The number of carbonyl (C=O) groups is 2. The minimum atomic E-state index is -0.811. The van der Waals surface area contributed by atoms with Crippen molar-refractivity contribution in [1.29, 1.82) is 0 Å². The molecule has 2 heterocycles. The molecule has 3 rings (SSSR count). The Labute approximate surface area is 130 Å². The van der Waals surface area contributed by atoms with Crippen molar-refractivity contribution >= 4 is 23.4 Å². The molecule has 14 heteroatoms. The predicted molar refractivity (Wildman–Crippen MR) is 66.5 cm³/mol. The van der Waals surface area contributed by atoms with Crippen molar-refractivity contribution in [3.63, 3.8) is 0 Å². The predicted octanol–water partition coefficient (Wildman–Crippen LogP) is -1.86. The van der Waals surface area contributed by atoms with Gasteiger partial charge in [-0.05, 0) is 9.81 Å². The fourth-order valence-corrected chi connectivity index (χ4v) is 1.82. The number of aromatic nitrogens is 4. The third-order valence-corrected chi connectivity index (χ3v) is 2.65. The number of carbonyl (C=O) groups excluding carboxylic acids is 2. The van der Waals surface area contributed by atoms with E-state index in [4.69, 9.17) is 0 Å². The molecule has 2 aromatic rings. The second kappa shape index (κ2) is 5.41. The van der Waals surface area contributed by atoms with Gasteiger partial charge in [0.15, 0.2) is 11.4 Å². The molecule has 0 saturated heterocycles. The quantitative estimate of drug-likeness (QED) is 0.342. The average molecular weight is 338 g/mol. The molecule has 0 bridgehead atoms. The molecule has 0 saturated carbocycles. The van der Waals surface area contributed by atoms with Crippen LogP contribution in [-0.2, 0) is 19.3 Å². The van der Waals surface area contributed by atoms with Gasteiger partial charge in [0, 0.05) is 19.0 Å². The van der Waals surface area contributed by atoms with Crippen LogP contribution in [0.4, 0.5) is 0 Å². The highest BCUT2D eigenvalue weighted by molar-refractivity contribution is 6.55. The zero-order chi connectivity index (χ0) is 17.4. The van der Waals surface area contributed by atoms with Crippen molar-refractivity contribution in [2.24, 2.45) is 10.3 Å². The van der Waals surface area contributed by atoms with Crippen molar-refractivity contribution in [2.45, 2.75) is 13.8 Å². The number of hydrogen-bond acceptors (Lipinski definition) is 12. The smallest absolute Gasteiger partial charge is 0.332 e. The summed E-state index contributed by atoms with van der Waals surface area (Å²) in [5.74, 6) is -1.62. The summed E-state index contributed by atoms with van der Waals surface area (Å²) in [6.45, 7) is 2.12. The Bertz CT molecular complexity index is 909. The largest absolute Gasteiger partial charge is 0.359 e. The van der Waals surface area contributed by atoms with Crippen LogP contribution in [-0.4, -0.2) is 33.7 Å². The molecule has 0 N–H and O–H groups in total. The molecule has 1 aliphatic rings. The summed E-state index contributed by atoms with van der Waals surface area (Å²) in [6.07, 6.45) is 0. The van der Waals surface area contributed by atoms with Crippen LogP contribution in [0.3, 0.4) is 0 Å². The Morgan fingerprint density at radius 2 is 1.42 bits per heavy atom. The van der Waals surface area contributed by atoms with Crippen LogP contribution in [0, 0.1) is 10.4 Å². The summed E-state index contributed by atoms with van der Waals surface area (Å²) in [6, 6.07) is 0. The van der Waals surface area contributed by atoms with Gasteiger partial charge in [-0.15, -0.1) is 0 Å². The van der Waals surface area contributed by atoms with Gasteiger partial charge < -0.3 is 20.1 Å². The van der Waals surface area contributed by atoms with Gasteiger partial charge in [-0.3, -0.25) is 9.26 Å². The van der Waals surface area contributed by atoms with Crippen LogP contribution in [0.1, 0.15) is 25.2 Å². The van der Waals surface area contributed by atoms with Gasteiger partial charge in [-0.25, -0.2) is 9.59 Å². The van der Waals surface area contributed by atoms with Gasteiger partial charge >= 0.3 is 17.6 Å². The fourth-order valence-electron chi connectivity index (χ4n) is 1.82. The van der Waals surface area contributed by atoms with E-state index in [1.54, 1.807) is 0 Å². The number of oxime groups is 2. The maximum absolute atomic E-state index is 11.8. The summed E-state index contributed by atoms with van der Waals surface area (Å²) in [7, 11) is 0. The third kappa shape index (κ3) is 2.31. The second-order valence-corrected chi connectivity index (χ2v) is 4.30. The molecule has 0 aliphatic heterocycles. The maximum Gasteiger partial charge on any atom is 0.332 e. The van der Waals surface area contributed by atoms with Gasteiger partial charge in [-0.2, -0.15) is 0 Å². The first-order chi connectivity index (χ1) is 11.4. The van der Waals surface area contributed by atoms with Gasteiger partial charge in [0.2, 0.25) is 0 Å². The summed E-state index contributed by atoms with van der Waals surface area (Å²) >= 11 is 0. The lowest BCUT2D eigenvalue weighted by Crippen LogP contribution is -2.39. The highest BCUT2D eigenvalue weighted by Gasteiger charge is 2.47. The van der Waals surface area contributed by atoms with Crippen LogP contribution in [0.15, 0.2) is 19.6 Å². The van der Waals surface area contributed by atoms with E-state index in [2.05, 4.69) is 39.6 Å². The number of hydrogen-bond donors (Lipinski definition) is 0. The Hall–Kier alpha value is -3.84. The first kappa shape index (κ1) is 15.1. The summed E-state index contributed by atoms with van der Waals surface area (Å²) < 4.78 is 8.84. The molecular formula is C10H6N6O8. The molecule has 14 nitrogen and oxygen atoms in total. The van der Waals surface area contributed by atoms with Crippen LogP contribution in [0.25, 0.3) is 11.4 Å². The van der Waals surface area contributed by atoms with Crippen LogP contribution >= 0.6 is 0 Å². The highest BCUT2D eigenvalue weighted by Crippen LogP contribution is 2.27. The Balaban J connectivity index is 2.27. The van der Waals surface area contributed by atoms with E-state index < -0.39 is 23.3 Å². The molecule has 0 radical (unpaired) electrons. The van der Waals surface area contributed by atoms with E-state index in [9.17, 15) is 20.0 Å². The molecule has 2 aromatic heterocycles. The highest BCUT2D eigenvalue weighted by atomic mass is 16.8. The fraction of sp³-hybridized carbons (Fsp3) is 0.200. The Morgan fingerprint density at radius 1 is 0.917 bits per heavy atom. The van der Waals surface area contributed by atoms with E-state index in [-0.39, 0.29) is 32.6 Å². The van der Waals surface area contributed by atoms with Crippen LogP contribution in [0.5, 0.6) is 0 Å². The Kier molecular flexibility index (Phi) is 3.40. The lowest BCUT2D eigenvalue weighted by Gasteiger charge is -2.06. The standard InChI is InChI=1S/C10H6N6O8/c1-3(17)21-11-5-6(12-22-4(2)18)9-8(14-24-15(9)19)10-7(5)13-23-16(10)20/h1-2H3/b11-5+,12-6+. The zero-order valence-electron chi connectivity index (χ0n) is 11.9. The number of nitrogens with zero attached hydrogens (tertiary/aromatic N) is 6. The van der Waals surface area contributed by atoms with Crippen molar-refractivity contribution in [1.82, 2.24) is 10.3 Å². The van der Waals surface area contributed by atoms with E-state index in [0.29, 0.717) is 0 Å². The first-order valence-corrected chi connectivity index (χ1v) is 6.12. The molecule has 124 valence electrons. The molecule has 1 aliphatic carbocycles. The van der Waals surface area contributed by atoms with Gasteiger partial charge in [0.25, 0.3) is 17.1 Å². The number of fused-ring (bicyclic) bond motifs is 3. The number of rotatable bonds is 2. The van der Waals surface area contributed by atoms with E-state index in [0.717, 1.165) is 13.8 Å². The molecule has 0 spiro atoms. The molecular weight excluding hydrogens is 332 g/mol. The van der Waals surface area contributed by atoms with Crippen molar-refractivity contribution < 1.29 is 38.3 Å². The zero-order valence-corrected chi connectivity index (χ0v) is 11.9. The lowest BCUT2D eigenvalue weighted by atomic mass is 9.97. The minimum Gasteiger partial charge on any atom is -0.359 e. The lowest BCUT2D eigenvalue weighted by molar-refractivity contribution is -0.803. The van der Waals surface area contributed by atoms with E-state index >= 15 is 0 Å². The topological polar surface area (TPSA) is 183 Å². The van der Waals surface area contributed by atoms with Crippen LogP contribution < -0.4 is 9.81 Å². The second-order valence-electron chi connectivity index (χ2n) is 4.30. The van der Waals surface area contributed by atoms with Crippen molar-refractivity contribution in [2.75, 3.05) is 0 Å². The average Bonchev–Trinajstić information content (AvgIpc) is 3.07. The van der Waals surface area contributed by atoms with E-state index in [1.165, 1.54) is 0 Å². The molecule has 0 fully saturated rings. The molecule has 24 heavy (non-hydrogen) atoms. The van der Waals surface area contributed by atoms with Gasteiger partial charge in [0.05, 0.1) is 5.16 Å². The molecule has 0 amide bonds. The van der Waals surface area contributed by atoms with Crippen molar-refractivity contribution in [3.05, 3.63) is 21.8 Å². The van der Waals surface area contributed by atoms with Gasteiger partial charge in [-0.1, -0.05) is 10.3 Å². The summed E-state index contributed by atoms with van der Waals surface area (Å²) in [5, 5.41) is 37.3. The summed E-state index contributed by atoms with van der Waals surface area (Å²) in [4.78, 5) is 30.8. The maximum atomic E-state index is 11.8. The molecule has 0 unspecified atom stereocenters. The van der Waals surface area contributed by atoms with Crippen molar-refractivity contribution in [3.8, 4) is 11.4 Å². The minimum absolute atomic E-state index is 0.0530. The van der Waals surface area contributed by atoms with Crippen LogP contribution in [0.2, 0.25) is 0 Å². The third-order valence-electron chi connectivity index (χ3n) is 2.65. The molecule has 0 atom stereocenters. The summed E-state index contributed by atoms with van der Waals surface area (Å²) in [5.41, 5.74) is -2.04. The normalized spacial score (nSPS) is 15.9. The molecule has 0 aromatic carbocycles. The van der Waals surface area contributed by atoms with Gasteiger partial charge in [0.1, 0.15) is 0 Å². The van der Waals surface area contributed by atoms with E-state index in [1.807, 2.05) is 0 Å². The Morgan fingerprint density at radius 3 is 2.00 bits per heavy atom.